The third kappa shape index (κ3) is 3.75. The number of nitrogens with one attached hydrogen (secondary N) is 1. The second-order valence-corrected chi connectivity index (χ2v) is 7.08. The molecule has 0 bridgehead atoms. The topological polar surface area (TPSA) is 30.5 Å². The van der Waals surface area contributed by atoms with Crippen LogP contribution in [0.5, 0.6) is 0 Å². The highest BCUT2D eigenvalue weighted by atomic mass is 16.5. The Kier molecular flexibility index (Phi) is 5.88. The molecule has 3 atom stereocenters. The second-order valence-electron chi connectivity index (χ2n) is 7.08. The van der Waals surface area contributed by atoms with Gasteiger partial charge in [-0.05, 0) is 50.0 Å². The molecule has 0 amide bonds. The maximum absolute atomic E-state index is 6.20. The number of rotatable bonds is 5. The third-order valence-corrected chi connectivity index (χ3v) is 5.50. The van der Waals surface area contributed by atoms with E-state index in [4.69, 9.17) is 9.47 Å². The van der Waals surface area contributed by atoms with Crippen LogP contribution in [0.3, 0.4) is 0 Å². The van der Waals surface area contributed by atoms with Crippen LogP contribution in [-0.2, 0) is 9.47 Å². The van der Waals surface area contributed by atoms with E-state index in [1.807, 2.05) is 0 Å². The average Bonchev–Trinajstić information content (AvgIpc) is 2.45. The molecule has 2 heterocycles. The van der Waals surface area contributed by atoms with E-state index in [2.05, 4.69) is 33.0 Å². The van der Waals surface area contributed by atoms with Gasteiger partial charge in [-0.2, -0.15) is 0 Å². The first-order valence-electron chi connectivity index (χ1n) is 8.53. The summed E-state index contributed by atoms with van der Waals surface area (Å²) in [6, 6.07) is 0.628. The van der Waals surface area contributed by atoms with Crippen molar-refractivity contribution in [1.82, 2.24) is 5.32 Å². The first kappa shape index (κ1) is 16.3. The van der Waals surface area contributed by atoms with Crippen molar-refractivity contribution in [3.63, 3.8) is 0 Å². The molecule has 2 rings (SSSR count). The number of hydrogen-bond donors (Lipinski definition) is 1. The Morgan fingerprint density at radius 3 is 2.45 bits per heavy atom. The lowest BCUT2D eigenvalue weighted by Crippen LogP contribution is -2.51. The molecule has 3 nitrogen and oxygen atoms in total. The van der Waals surface area contributed by atoms with Crippen LogP contribution in [0.15, 0.2) is 0 Å². The van der Waals surface area contributed by atoms with Crippen LogP contribution in [0.25, 0.3) is 0 Å². The number of ether oxygens (including phenoxy) is 2. The minimum Gasteiger partial charge on any atom is -0.381 e. The van der Waals surface area contributed by atoms with Gasteiger partial charge in [0.05, 0.1) is 5.60 Å². The van der Waals surface area contributed by atoms with Crippen molar-refractivity contribution >= 4 is 0 Å². The molecule has 2 aliphatic heterocycles. The summed E-state index contributed by atoms with van der Waals surface area (Å²) in [4.78, 5) is 0. The fourth-order valence-electron chi connectivity index (χ4n) is 3.90. The van der Waals surface area contributed by atoms with Gasteiger partial charge in [-0.3, -0.25) is 0 Å². The number of hydrogen-bond acceptors (Lipinski definition) is 3. The zero-order chi connectivity index (χ0) is 14.6. The molecular weight excluding hydrogens is 250 g/mol. The summed E-state index contributed by atoms with van der Waals surface area (Å²) in [6.07, 6.45) is 4.58. The smallest absolute Gasteiger partial charge is 0.0729 e. The van der Waals surface area contributed by atoms with E-state index in [-0.39, 0.29) is 5.60 Å². The summed E-state index contributed by atoms with van der Waals surface area (Å²) in [5.74, 6) is 2.20. The monoisotopic (exact) mass is 283 g/mol. The molecule has 0 aromatic rings. The van der Waals surface area contributed by atoms with E-state index in [9.17, 15) is 0 Å². The average molecular weight is 283 g/mol. The summed E-state index contributed by atoms with van der Waals surface area (Å²) < 4.78 is 11.7. The predicted molar refractivity (Wildman–Crippen MR) is 82.9 cm³/mol. The van der Waals surface area contributed by atoms with E-state index in [0.717, 1.165) is 57.0 Å². The maximum atomic E-state index is 6.20. The zero-order valence-corrected chi connectivity index (χ0v) is 13.8. The standard InChI is InChI=1S/C17H33NO2/c1-5-18-16(14(4)13(2)3)15-6-9-20-17(12-15)7-10-19-11-8-17/h13-16,18H,5-12H2,1-4H3. The molecule has 0 saturated carbocycles. The van der Waals surface area contributed by atoms with Crippen LogP contribution in [-0.4, -0.2) is 38.0 Å². The second kappa shape index (κ2) is 7.24. The third-order valence-electron chi connectivity index (χ3n) is 5.50. The molecule has 2 fully saturated rings. The molecule has 3 heteroatoms. The van der Waals surface area contributed by atoms with Gasteiger partial charge < -0.3 is 14.8 Å². The van der Waals surface area contributed by atoms with E-state index in [0.29, 0.717) is 6.04 Å². The zero-order valence-electron chi connectivity index (χ0n) is 13.8. The Balaban J connectivity index is 2.04. The van der Waals surface area contributed by atoms with E-state index in [1.54, 1.807) is 0 Å². The van der Waals surface area contributed by atoms with Crippen LogP contribution in [0, 0.1) is 17.8 Å². The van der Waals surface area contributed by atoms with Crippen LogP contribution in [0.2, 0.25) is 0 Å². The Labute approximate surface area is 124 Å². The van der Waals surface area contributed by atoms with Crippen LogP contribution >= 0.6 is 0 Å². The lowest BCUT2D eigenvalue weighted by molar-refractivity contribution is -0.152. The Morgan fingerprint density at radius 2 is 1.85 bits per heavy atom. The van der Waals surface area contributed by atoms with Gasteiger partial charge in [0.25, 0.3) is 0 Å². The van der Waals surface area contributed by atoms with Crippen LogP contribution in [0.1, 0.15) is 53.4 Å². The van der Waals surface area contributed by atoms with Gasteiger partial charge in [0, 0.05) is 25.9 Å². The van der Waals surface area contributed by atoms with Gasteiger partial charge in [-0.15, -0.1) is 0 Å². The molecule has 2 saturated heterocycles. The van der Waals surface area contributed by atoms with Crippen LogP contribution < -0.4 is 5.32 Å². The lowest BCUT2D eigenvalue weighted by atomic mass is 9.73. The van der Waals surface area contributed by atoms with E-state index in [1.165, 1.54) is 12.8 Å². The van der Waals surface area contributed by atoms with Crippen LogP contribution in [0.4, 0.5) is 0 Å². The van der Waals surface area contributed by atoms with Gasteiger partial charge in [0.15, 0.2) is 0 Å². The van der Waals surface area contributed by atoms with Crippen molar-refractivity contribution in [2.45, 2.75) is 65.0 Å². The van der Waals surface area contributed by atoms with Crippen molar-refractivity contribution in [3.05, 3.63) is 0 Å². The largest absolute Gasteiger partial charge is 0.381 e. The molecular formula is C17H33NO2. The molecule has 0 radical (unpaired) electrons. The fourth-order valence-corrected chi connectivity index (χ4v) is 3.90. The van der Waals surface area contributed by atoms with Crippen molar-refractivity contribution < 1.29 is 9.47 Å². The summed E-state index contributed by atoms with van der Waals surface area (Å²) in [6.45, 7) is 13.1. The quantitative estimate of drug-likeness (QED) is 0.840. The van der Waals surface area contributed by atoms with Crippen molar-refractivity contribution in [3.8, 4) is 0 Å². The molecule has 0 aromatic carbocycles. The van der Waals surface area contributed by atoms with Crippen molar-refractivity contribution in [2.24, 2.45) is 17.8 Å². The fraction of sp³-hybridized carbons (Fsp3) is 1.00. The highest BCUT2D eigenvalue weighted by molar-refractivity contribution is 4.94. The molecule has 2 aliphatic rings. The molecule has 0 aliphatic carbocycles. The van der Waals surface area contributed by atoms with Gasteiger partial charge >= 0.3 is 0 Å². The predicted octanol–water partition coefficient (Wildman–Crippen LogP) is 3.23. The SMILES string of the molecule is CCNC(C1CCOC2(CCOCC2)C1)C(C)C(C)C. The molecule has 3 unspecified atom stereocenters. The minimum atomic E-state index is 0.117. The molecule has 1 N–H and O–H groups in total. The van der Waals surface area contributed by atoms with E-state index >= 15 is 0 Å². The van der Waals surface area contributed by atoms with Crippen molar-refractivity contribution in [2.75, 3.05) is 26.4 Å². The lowest BCUT2D eigenvalue weighted by Gasteiger charge is -2.47. The maximum Gasteiger partial charge on any atom is 0.0729 e. The highest BCUT2D eigenvalue weighted by Crippen LogP contribution is 2.40. The normalized spacial score (nSPS) is 29.6. The summed E-state index contributed by atoms with van der Waals surface area (Å²) in [7, 11) is 0. The molecule has 20 heavy (non-hydrogen) atoms. The first-order chi connectivity index (χ1) is 9.58. The minimum absolute atomic E-state index is 0.117. The summed E-state index contributed by atoms with van der Waals surface area (Å²) >= 11 is 0. The molecule has 0 aromatic heterocycles. The highest BCUT2D eigenvalue weighted by Gasteiger charge is 2.42. The van der Waals surface area contributed by atoms with Gasteiger partial charge in [-0.25, -0.2) is 0 Å². The Hall–Kier alpha value is -0.120. The molecule has 118 valence electrons. The summed E-state index contributed by atoms with van der Waals surface area (Å²) in [5.41, 5.74) is 0.117. The first-order valence-corrected chi connectivity index (χ1v) is 8.53. The van der Waals surface area contributed by atoms with Gasteiger partial charge in [0.2, 0.25) is 0 Å². The van der Waals surface area contributed by atoms with Gasteiger partial charge in [-0.1, -0.05) is 27.7 Å². The van der Waals surface area contributed by atoms with E-state index < -0.39 is 0 Å². The summed E-state index contributed by atoms with van der Waals surface area (Å²) in [5, 5.41) is 3.77. The van der Waals surface area contributed by atoms with Gasteiger partial charge in [0.1, 0.15) is 0 Å². The Morgan fingerprint density at radius 1 is 1.15 bits per heavy atom. The molecule has 1 spiro atoms. The van der Waals surface area contributed by atoms with Crippen molar-refractivity contribution in [1.29, 1.82) is 0 Å². The Bertz CT molecular complexity index is 281.